The molecule has 0 aromatic heterocycles. The molecule has 2 aliphatic carbocycles. The van der Waals surface area contributed by atoms with Crippen LogP contribution in [0.25, 0.3) is 11.1 Å². The van der Waals surface area contributed by atoms with Gasteiger partial charge in [0.2, 0.25) is 5.91 Å². The van der Waals surface area contributed by atoms with Crippen molar-refractivity contribution in [1.82, 2.24) is 10.6 Å². The number of benzene rings is 2. The molecule has 1 fully saturated rings. The van der Waals surface area contributed by atoms with Crippen LogP contribution in [0.1, 0.15) is 43.7 Å². The first kappa shape index (κ1) is 22.8. The van der Waals surface area contributed by atoms with Crippen LogP contribution in [0.4, 0.5) is 4.79 Å². The molecule has 7 heteroatoms. The van der Waals surface area contributed by atoms with Crippen molar-refractivity contribution in [3.8, 4) is 11.1 Å². The van der Waals surface area contributed by atoms with Crippen LogP contribution >= 0.6 is 0 Å². The van der Waals surface area contributed by atoms with Gasteiger partial charge in [-0.3, -0.25) is 9.59 Å². The van der Waals surface area contributed by atoms with Gasteiger partial charge < -0.3 is 20.5 Å². The van der Waals surface area contributed by atoms with Crippen LogP contribution in [0.15, 0.2) is 48.5 Å². The molecule has 2 aromatic carbocycles. The Morgan fingerprint density at radius 2 is 1.64 bits per heavy atom. The minimum Gasteiger partial charge on any atom is -0.481 e. The van der Waals surface area contributed by atoms with Gasteiger partial charge in [0, 0.05) is 24.9 Å². The maximum Gasteiger partial charge on any atom is 0.407 e. The second-order valence-electron chi connectivity index (χ2n) is 9.25. The summed E-state index contributed by atoms with van der Waals surface area (Å²) in [5, 5.41) is 14.8. The Morgan fingerprint density at radius 3 is 2.21 bits per heavy atom. The van der Waals surface area contributed by atoms with E-state index in [1.54, 1.807) is 13.8 Å². The number of alkyl carbamates (subject to hydrolysis) is 1. The molecule has 0 heterocycles. The van der Waals surface area contributed by atoms with Crippen molar-refractivity contribution in [1.29, 1.82) is 0 Å². The maximum absolute atomic E-state index is 12.3. The number of aliphatic carboxylic acids is 1. The molecule has 1 unspecified atom stereocenters. The van der Waals surface area contributed by atoms with Crippen LogP contribution in [0.2, 0.25) is 0 Å². The highest BCUT2D eigenvalue weighted by molar-refractivity contribution is 5.83. The standard InChI is InChI=1S/C26H30N2O5/c1-3-26(2,24(30)31)15-28-23(29)21-12-16(21)13-27-25(32)33-14-22-19-10-6-4-8-17(19)18-9-5-7-11-20(18)22/h4-11,16,21-22H,3,12-15H2,1-2H3,(H,27,32)(H,28,29)(H,30,31)/t16-,21-,26?/m0/s1. The molecular formula is C26H30N2O5. The Balaban J connectivity index is 1.23. The fraction of sp³-hybridized carbons (Fsp3) is 0.423. The maximum atomic E-state index is 12.3. The van der Waals surface area contributed by atoms with Crippen molar-refractivity contribution in [2.45, 2.75) is 32.6 Å². The summed E-state index contributed by atoms with van der Waals surface area (Å²) in [5.74, 6) is -1.23. The summed E-state index contributed by atoms with van der Waals surface area (Å²) in [6.45, 7) is 4.12. The predicted molar refractivity (Wildman–Crippen MR) is 124 cm³/mol. The zero-order valence-electron chi connectivity index (χ0n) is 19.0. The normalized spacial score (nSPS) is 20.2. The summed E-state index contributed by atoms with van der Waals surface area (Å²) in [6.07, 6.45) is 0.609. The minimum atomic E-state index is -0.973. The fourth-order valence-corrected chi connectivity index (χ4v) is 4.42. The summed E-state index contributed by atoms with van der Waals surface area (Å²) in [5.41, 5.74) is 3.70. The van der Waals surface area contributed by atoms with Crippen LogP contribution in [0, 0.1) is 17.3 Å². The Kier molecular flexibility index (Phi) is 6.40. The number of carbonyl (C=O) groups is 3. The minimum absolute atomic E-state index is 0.00436. The number of hydrogen-bond acceptors (Lipinski definition) is 4. The first-order chi connectivity index (χ1) is 15.8. The van der Waals surface area contributed by atoms with Gasteiger partial charge in [-0.15, -0.1) is 0 Å². The van der Waals surface area contributed by atoms with Crippen LogP contribution in [-0.4, -0.2) is 42.8 Å². The molecule has 0 spiro atoms. The second kappa shape index (κ2) is 9.25. The molecule has 7 nitrogen and oxygen atoms in total. The van der Waals surface area contributed by atoms with E-state index >= 15 is 0 Å². The van der Waals surface area contributed by atoms with E-state index in [9.17, 15) is 19.5 Å². The SMILES string of the molecule is CCC(C)(CNC(=O)[C@H]1C[C@H]1CNC(=O)OCC1c2ccccc2-c2ccccc21)C(=O)O. The topological polar surface area (TPSA) is 105 Å². The van der Waals surface area contributed by atoms with E-state index in [1.807, 2.05) is 24.3 Å². The molecular weight excluding hydrogens is 420 g/mol. The van der Waals surface area contributed by atoms with Gasteiger partial charge in [0.25, 0.3) is 0 Å². The van der Waals surface area contributed by atoms with E-state index in [2.05, 4.69) is 34.9 Å². The summed E-state index contributed by atoms with van der Waals surface area (Å²) >= 11 is 0. The first-order valence-electron chi connectivity index (χ1n) is 11.4. The van der Waals surface area contributed by atoms with Crippen molar-refractivity contribution < 1.29 is 24.2 Å². The lowest BCUT2D eigenvalue weighted by atomic mass is 9.87. The number of hydrogen-bond donors (Lipinski definition) is 3. The zero-order chi connectivity index (χ0) is 23.6. The third-order valence-corrected chi connectivity index (χ3v) is 7.06. The van der Waals surface area contributed by atoms with E-state index in [0.29, 0.717) is 19.4 Å². The fourth-order valence-electron chi connectivity index (χ4n) is 4.42. The molecule has 2 aliphatic rings. The van der Waals surface area contributed by atoms with Gasteiger partial charge in [0.05, 0.1) is 5.41 Å². The van der Waals surface area contributed by atoms with Crippen molar-refractivity contribution in [3.05, 3.63) is 59.7 Å². The molecule has 0 bridgehead atoms. The predicted octanol–water partition coefficient (Wildman–Crippen LogP) is 3.78. The molecule has 4 rings (SSSR count). The number of nitrogens with one attached hydrogen (secondary N) is 2. The molecule has 33 heavy (non-hydrogen) atoms. The summed E-state index contributed by atoms with van der Waals surface area (Å²) in [4.78, 5) is 36.0. The number of fused-ring (bicyclic) bond motifs is 3. The third kappa shape index (κ3) is 4.72. The largest absolute Gasteiger partial charge is 0.481 e. The number of rotatable bonds is 9. The van der Waals surface area contributed by atoms with E-state index < -0.39 is 17.5 Å². The van der Waals surface area contributed by atoms with Gasteiger partial charge in [0.15, 0.2) is 0 Å². The van der Waals surface area contributed by atoms with E-state index in [0.717, 1.165) is 11.1 Å². The average molecular weight is 451 g/mol. The highest BCUT2D eigenvalue weighted by atomic mass is 16.5. The Morgan fingerprint density at radius 1 is 1.03 bits per heavy atom. The second-order valence-corrected chi connectivity index (χ2v) is 9.25. The average Bonchev–Trinajstić information content (AvgIpc) is 3.54. The van der Waals surface area contributed by atoms with Crippen LogP contribution in [-0.2, 0) is 14.3 Å². The van der Waals surface area contributed by atoms with E-state index in [4.69, 9.17) is 4.74 Å². The monoisotopic (exact) mass is 450 g/mol. The molecule has 2 aromatic rings. The van der Waals surface area contributed by atoms with Gasteiger partial charge in [-0.25, -0.2) is 4.79 Å². The molecule has 3 N–H and O–H groups in total. The van der Waals surface area contributed by atoms with Crippen molar-refractivity contribution in [2.75, 3.05) is 19.7 Å². The first-order valence-corrected chi connectivity index (χ1v) is 11.4. The van der Waals surface area contributed by atoms with Gasteiger partial charge in [-0.2, -0.15) is 0 Å². The highest BCUT2D eigenvalue weighted by Gasteiger charge is 2.44. The quantitative estimate of drug-likeness (QED) is 0.539. The van der Waals surface area contributed by atoms with Crippen molar-refractivity contribution >= 4 is 18.0 Å². The Labute approximate surface area is 193 Å². The molecule has 0 aliphatic heterocycles. The highest BCUT2D eigenvalue weighted by Crippen LogP contribution is 2.44. The number of carboxylic acids is 1. The lowest BCUT2D eigenvalue weighted by Gasteiger charge is -2.23. The zero-order valence-corrected chi connectivity index (χ0v) is 19.0. The van der Waals surface area contributed by atoms with Crippen LogP contribution in [0.5, 0.6) is 0 Å². The molecule has 3 atom stereocenters. The Bertz CT molecular complexity index is 1020. The number of ether oxygens (including phenoxy) is 1. The number of carbonyl (C=O) groups excluding carboxylic acids is 2. The van der Waals surface area contributed by atoms with Gasteiger partial charge in [-0.1, -0.05) is 55.5 Å². The number of amides is 2. The summed E-state index contributed by atoms with van der Waals surface area (Å²) < 4.78 is 5.53. The molecule has 174 valence electrons. The third-order valence-electron chi connectivity index (χ3n) is 7.06. The van der Waals surface area contributed by atoms with Crippen molar-refractivity contribution in [3.63, 3.8) is 0 Å². The summed E-state index contributed by atoms with van der Waals surface area (Å²) in [7, 11) is 0. The molecule has 2 amide bonds. The smallest absolute Gasteiger partial charge is 0.407 e. The van der Waals surface area contributed by atoms with E-state index in [-0.39, 0.29) is 36.8 Å². The van der Waals surface area contributed by atoms with Gasteiger partial charge in [0.1, 0.15) is 6.61 Å². The summed E-state index contributed by atoms with van der Waals surface area (Å²) in [6, 6.07) is 16.3. The van der Waals surface area contributed by atoms with Crippen molar-refractivity contribution in [2.24, 2.45) is 17.3 Å². The van der Waals surface area contributed by atoms with E-state index in [1.165, 1.54) is 11.1 Å². The molecule has 1 saturated carbocycles. The molecule has 0 saturated heterocycles. The van der Waals surface area contributed by atoms with Crippen LogP contribution in [0.3, 0.4) is 0 Å². The molecule has 0 radical (unpaired) electrons. The van der Waals surface area contributed by atoms with Crippen LogP contribution < -0.4 is 10.6 Å². The van der Waals surface area contributed by atoms with Gasteiger partial charge in [-0.05, 0) is 47.9 Å². The van der Waals surface area contributed by atoms with Gasteiger partial charge >= 0.3 is 12.1 Å². The number of carboxylic acid groups (broad SMARTS) is 1. The Hall–Kier alpha value is -3.35. The lowest BCUT2D eigenvalue weighted by Crippen LogP contribution is -2.41. The lowest BCUT2D eigenvalue weighted by molar-refractivity contribution is -0.148.